The number of halogens is 1. The molecule has 118 valence electrons. The van der Waals surface area contributed by atoms with Crippen LogP contribution in [-0.4, -0.2) is 16.1 Å². The van der Waals surface area contributed by atoms with Gasteiger partial charge in [0.25, 0.3) is 5.56 Å². The Morgan fingerprint density at radius 2 is 1.88 bits per heavy atom. The lowest BCUT2D eigenvalue weighted by Gasteiger charge is -1.95. The Bertz CT molecular complexity index is 1130. The Hall–Kier alpha value is -3.05. The maximum atomic E-state index is 11.7. The third kappa shape index (κ3) is 2.18. The summed E-state index contributed by atoms with van der Waals surface area (Å²) in [4.78, 5) is 25.6. The molecular weight excluding hydrogens is 330 g/mol. The van der Waals surface area contributed by atoms with Crippen LogP contribution < -0.4 is 5.56 Å². The number of rotatable bonds is 2. The van der Waals surface area contributed by atoms with Crippen molar-refractivity contribution >= 4 is 28.5 Å². The number of furan rings is 1. The molecule has 1 aliphatic carbocycles. The summed E-state index contributed by atoms with van der Waals surface area (Å²) in [5.74, 6) is -1.25. The fourth-order valence-electron chi connectivity index (χ4n) is 2.83. The maximum Gasteiger partial charge on any atom is 0.342 e. The van der Waals surface area contributed by atoms with Crippen LogP contribution in [0, 0.1) is 0 Å². The van der Waals surface area contributed by atoms with Crippen LogP contribution in [0.25, 0.3) is 33.4 Å². The number of benzene rings is 1. The van der Waals surface area contributed by atoms with E-state index < -0.39 is 11.5 Å². The molecular formula is C18H10ClNO4. The van der Waals surface area contributed by atoms with Crippen molar-refractivity contribution in [3.8, 4) is 22.4 Å². The van der Waals surface area contributed by atoms with Gasteiger partial charge >= 0.3 is 5.97 Å². The van der Waals surface area contributed by atoms with E-state index in [1.54, 1.807) is 36.6 Å². The first-order chi connectivity index (χ1) is 11.5. The highest BCUT2D eigenvalue weighted by molar-refractivity contribution is 6.31. The Labute approximate surface area is 140 Å². The average Bonchev–Trinajstić information content (AvgIpc) is 3.02. The topological polar surface area (TPSA) is 83.3 Å². The van der Waals surface area contributed by atoms with E-state index in [4.69, 9.17) is 16.0 Å². The van der Waals surface area contributed by atoms with E-state index in [9.17, 15) is 14.7 Å². The number of aromatic nitrogens is 1. The van der Waals surface area contributed by atoms with Gasteiger partial charge in [-0.05, 0) is 23.8 Å². The fourth-order valence-corrected chi connectivity index (χ4v) is 3.00. The summed E-state index contributed by atoms with van der Waals surface area (Å²) in [5.41, 5.74) is 2.35. The second kappa shape index (κ2) is 5.25. The number of H-pyrrole nitrogens is 1. The number of aromatic carboxylic acids is 1. The predicted octanol–water partition coefficient (Wildman–Crippen LogP) is 4.24. The Morgan fingerprint density at radius 1 is 1.08 bits per heavy atom. The number of carbonyl (C=O) groups is 1. The Morgan fingerprint density at radius 3 is 2.67 bits per heavy atom. The minimum absolute atomic E-state index is 0.254. The normalized spacial score (nSPS) is 11.2. The molecule has 0 unspecified atom stereocenters. The van der Waals surface area contributed by atoms with Crippen LogP contribution in [-0.2, 0) is 0 Å². The smallest absolute Gasteiger partial charge is 0.342 e. The van der Waals surface area contributed by atoms with E-state index in [1.165, 1.54) is 0 Å². The molecule has 0 radical (unpaired) electrons. The number of carboxylic acid groups (broad SMARTS) is 1. The van der Waals surface area contributed by atoms with E-state index in [2.05, 4.69) is 4.98 Å². The summed E-state index contributed by atoms with van der Waals surface area (Å²) in [5, 5.41) is 10.7. The van der Waals surface area contributed by atoms with Crippen molar-refractivity contribution in [3.63, 3.8) is 0 Å². The summed E-state index contributed by atoms with van der Waals surface area (Å²) in [6, 6.07) is 12.3. The summed E-state index contributed by atoms with van der Waals surface area (Å²) in [7, 11) is 0. The molecule has 0 saturated heterocycles. The molecule has 24 heavy (non-hydrogen) atoms. The molecule has 0 saturated carbocycles. The number of carboxylic acids is 1. The molecule has 2 aromatic rings. The maximum absolute atomic E-state index is 11.7. The molecule has 0 bridgehead atoms. The van der Waals surface area contributed by atoms with Crippen molar-refractivity contribution in [2.24, 2.45) is 0 Å². The van der Waals surface area contributed by atoms with Gasteiger partial charge < -0.3 is 14.5 Å². The molecule has 5 nitrogen and oxygen atoms in total. The number of fused-ring (bicyclic) bond motifs is 2. The van der Waals surface area contributed by atoms with Crippen molar-refractivity contribution in [1.82, 2.24) is 4.98 Å². The quantitative estimate of drug-likeness (QED) is 0.572. The summed E-state index contributed by atoms with van der Waals surface area (Å²) in [6.07, 6.45) is 1.63. The van der Waals surface area contributed by atoms with Crippen molar-refractivity contribution in [1.29, 1.82) is 0 Å². The molecule has 1 aromatic heterocycles. The number of nitrogens with one attached hydrogen (secondary N) is 1. The van der Waals surface area contributed by atoms with Gasteiger partial charge in [-0.15, -0.1) is 0 Å². The molecule has 2 heterocycles. The molecule has 0 atom stereocenters. The number of aromatic amines is 1. The molecule has 0 fully saturated rings. The first-order valence-electron chi connectivity index (χ1n) is 7.11. The van der Waals surface area contributed by atoms with Gasteiger partial charge in [-0.2, -0.15) is 0 Å². The summed E-state index contributed by atoms with van der Waals surface area (Å²) < 4.78 is 5.54. The minimum Gasteiger partial charge on any atom is -0.477 e. The molecule has 6 heteroatoms. The molecule has 1 aliphatic heterocycles. The molecule has 2 N–H and O–H groups in total. The van der Waals surface area contributed by atoms with Crippen molar-refractivity contribution in [2.75, 3.05) is 0 Å². The zero-order valence-electron chi connectivity index (χ0n) is 12.2. The first-order valence-corrected chi connectivity index (χ1v) is 7.49. The van der Waals surface area contributed by atoms with Crippen LogP contribution in [0.1, 0.15) is 10.4 Å². The lowest BCUT2D eigenvalue weighted by Crippen LogP contribution is -2.10. The Kier molecular flexibility index (Phi) is 3.18. The van der Waals surface area contributed by atoms with Crippen LogP contribution in [0.3, 0.4) is 0 Å². The molecule has 4 rings (SSSR count). The van der Waals surface area contributed by atoms with Crippen LogP contribution in [0.5, 0.6) is 0 Å². The predicted molar refractivity (Wildman–Crippen MR) is 90.9 cm³/mol. The zero-order valence-corrected chi connectivity index (χ0v) is 12.9. The van der Waals surface area contributed by atoms with E-state index in [0.29, 0.717) is 21.9 Å². The van der Waals surface area contributed by atoms with Crippen molar-refractivity contribution in [2.45, 2.75) is 0 Å². The van der Waals surface area contributed by atoms with Crippen LogP contribution in [0.4, 0.5) is 0 Å². The minimum atomic E-state index is -1.25. The van der Waals surface area contributed by atoms with Gasteiger partial charge in [0.1, 0.15) is 11.1 Å². The SMILES string of the molecule is O=C(O)c1c2ccc(-c3coc4cc(Cl)ccc34)ccc-2[nH]c1=O. The average molecular weight is 340 g/mol. The van der Waals surface area contributed by atoms with Gasteiger partial charge in [-0.1, -0.05) is 29.8 Å². The highest BCUT2D eigenvalue weighted by Gasteiger charge is 2.20. The van der Waals surface area contributed by atoms with Gasteiger partial charge in [0.2, 0.25) is 0 Å². The van der Waals surface area contributed by atoms with E-state index in [0.717, 1.165) is 16.5 Å². The standard InChI is InChI=1S/C18H10ClNO4/c19-10-3-5-11-13(8-24-15(11)7-10)9-1-4-12-14(6-2-9)20-17(21)16(12)18(22)23/h1-8H,(H,20,21)(H,22,23). The summed E-state index contributed by atoms with van der Waals surface area (Å²) in [6.45, 7) is 0. The second-order valence-corrected chi connectivity index (χ2v) is 5.81. The molecule has 0 spiro atoms. The third-order valence-electron chi connectivity index (χ3n) is 3.96. The first kappa shape index (κ1) is 14.5. The Balaban J connectivity index is 1.94. The molecule has 0 amide bonds. The number of hydrogen-bond acceptors (Lipinski definition) is 3. The van der Waals surface area contributed by atoms with Crippen LogP contribution in [0.15, 0.2) is 57.9 Å². The number of hydrogen-bond donors (Lipinski definition) is 2. The lowest BCUT2D eigenvalue weighted by atomic mass is 10.1. The van der Waals surface area contributed by atoms with Gasteiger partial charge in [0.15, 0.2) is 0 Å². The van der Waals surface area contributed by atoms with Gasteiger partial charge in [0, 0.05) is 33.3 Å². The van der Waals surface area contributed by atoms with Crippen LogP contribution >= 0.6 is 11.6 Å². The van der Waals surface area contributed by atoms with Gasteiger partial charge in [-0.3, -0.25) is 4.79 Å². The van der Waals surface area contributed by atoms with Crippen molar-refractivity contribution in [3.05, 3.63) is 69.7 Å². The largest absolute Gasteiger partial charge is 0.477 e. The van der Waals surface area contributed by atoms with E-state index in [1.807, 2.05) is 12.1 Å². The van der Waals surface area contributed by atoms with Gasteiger partial charge in [0.05, 0.1) is 6.26 Å². The van der Waals surface area contributed by atoms with E-state index in [-0.39, 0.29) is 5.56 Å². The highest BCUT2D eigenvalue weighted by atomic mass is 35.5. The third-order valence-corrected chi connectivity index (χ3v) is 4.19. The van der Waals surface area contributed by atoms with Gasteiger partial charge in [-0.25, -0.2) is 4.79 Å². The second-order valence-electron chi connectivity index (χ2n) is 5.37. The lowest BCUT2D eigenvalue weighted by molar-refractivity contribution is 0.0696. The fraction of sp³-hybridized carbons (Fsp3) is 0. The van der Waals surface area contributed by atoms with Crippen LogP contribution in [0.2, 0.25) is 5.02 Å². The summed E-state index contributed by atoms with van der Waals surface area (Å²) >= 11 is 5.96. The van der Waals surface area contributed by atoms with Crippen molar-refractivity contribution < 1.29 is 14.3 Å². The zero-order chi connectivity index (χ0) is 16.8. The molecule has 1 aromatic carbocycles. The van der Waals surface area contributed by atoms with E-state index >= 15 is 0 Å². The highest BCUT2D eigenvalue weighted by Crippen LogP contribution is 2.33. The monoisotopic (exact) mass is 339 g/mol. The molecule has 2 aliphatic rings.